The van der Waals surface area contributed by atoms with E-state index >= 15 is 0 Å². The predicted octanol–water partition coefficient (Wildman–Crippen LogP) is -1.56. The van der Waals surface area contributed by atoms with E-state index in [1.165, 1.54) is 0 Å². The minimum atomic E-state index is -1.43. The summed E-state index contributed by atoms with van der Waals surface area (Å²) in [6.07, 6.45) is 2.77. The van der Waals surface area contributed by atoms with Gasteiger partial charge in [0.05, 0.1) is 0 Å². The quantitative estimate of drug-likeness (QED) is 0.510. The Hall–Kier alpha value is 0.551. The van der Waals surface area contributed by atoms with Gasteiger partial charge < -0.3 is 28.9 Å². The van der Waals surface area contributed by atoms with Crippen molar-refractivity contribution in [3.63, 3.8) is 0 Å². The van der Waals surface area contributed by atoms with Crippen LogP contribution in [-0.2, 0) is 6.42 Å². The number of hydrogen-bond donors (Lipinski definition) is 2. The van der Waals surface area contributed by atoms with Crippen molar-refractivity contribution >= 4 is 47.2 Å². The molecular weight excluding hydrogens is 270 g/mol. The number of aryl methyl sites for hydroxylation is 1. The van der Waals surface area contributed by atoms with Crippen LogP contribution in [0.25, 0.3) is 0 Å². The molecule has 92 valence electrons. The summed E-state index contributed by atoms with van der Waals surface area (Å²) in [5, 5.41) is 18.4. The molecule has 0 saturated heterocycles. The first kappa shape index (κ1) is 22.7. The second-order valence-electron chi connectivity index (χ2n) is 3.15. The normalized spacial score (nSPS) is 8.12. The third-order valence-corrected chi connectivity index (χ3v) is 2.00. The van der Waals surface area contributed by atoms with Gasteiger partial charge in [-0.05, 0) is 29.6 Å². The average Bonchev–Trinajstić information content (AvgIpc) is 2.19. The molecule has 0 fully saturated rings. The zero-order valence-electron chi connectivity index (χ0n) is 10.5. The Bertz CT molecular complexity index is 299. The summed E-state index contributed by atoms with van der Waals surface area (Å²) >= 11 is 5.70. The van der Waals surface area contributed by atoms with Crippen LogP contribution >= 0.6 is 11.6 Å². The zero-order chi connectivity index (χ0) is 11.8. The standard InChI is InChI=1S/C8H10BClO2.C3H7.ClH.Mg/c1-2-6-3-4-7(10)5-8(6)9(11)12;1-3-2;;/h3-5,11-12H,2H2,1H3;3H,1-2H3;1H;/q;-1;;+2/p-1. The van der Waals surface area contributed by atoms with Gasteiger partial charge in [0.2, 0.25) is 0 Å². The fourth-order valence-corrected chi connectivity index (χ4v) is 1.31. The van der Waals surface area contributed by atoms with Gasteiger partial charge in [0.25, 0.3) is 0 Å². The van der Waals surface area contributed by atoms with Crippen molar-refractivity contribution in [2.45, 2.75) is 27.2 Å². The molecule has 0 aromatic heterocycles. The first-order chi connectivity index (χ1) is 7.06. The summed E-state index contributed by atoms with van der Waals surface area (Å²) in [6.45, 7) is 5.95. The van der Waals surface area contributed by atoms with Crippen LogP contribution in [0.3, 0.4) is 0 Å². The Morgan fingerprint density at radius 1 is 1.29 bits per heavy atom. The molecule has 0 unspecified atom stereocenters. The Kier molecular flexibility index (Phi) is 17.4. The molecule has 0 atom stereocenters. The van der Waals surface area contributed by atoms with Crippen molar-refractivity contribution in [1.82, 2.24) is 0 Å². The molecule has 1 rings (SSSR count). The molecule has 2 nitrogen and oxygen atoms in total. The molecule has 0 radical (unpaired) electrons. The van der Waals surface area contributed by atoms with Crippen molar-refractivity contribution in [2.24, 2.45) is 0 Å². The maximum atomic E-state index is 8.96. The Morgan fingerprint density at radius 3 is 2.12 bits per heavy atom. The molecule has 2 N–H and O–H groups in total. The smallest absolute Gasteiger partial charge is 1.00 e. The fraction of sp³-hybridized carbons (Fsp3) is 0.364. The van der Waals surface area contributed by atoms with Crippen molar-refractivity contribution < 1.29 is 22.5 Å². The summed E-state index contributed by atoms with van der Waals surface area (Å²) in [7, 11) is -1.43. The monoisotopic (exact) mass is 286 g/mol. The van der Waals surface area contributed by atoms with E-state index in [9.17, 15) is 0 Å². The number of hydrogen-bond acceptors (Lipinski definition) is 2. The first-order valence-corrected chi connectivity index (χ1v) is 5.33. The molecule has 0 aliphatic rings. The molecule has 17 heavy (non-hydrogen) atoms. The summed E-state index contributed by atoms with van der Waals surface area (Å²) in [6, 6.07) is 5.12. The molecule has 0 amide bonds. The van der Waals surface area contributed by atoms with E-state index in [2.05, 4.69) is 0 Å². The largest absolute Gasteiger partial charge is 2.00 e. The summed E-state index contributed by atoms with van der Waals surface area (Å²) in [5.41, 5.74) is 1.40. The fourth-order valence-electron chi connectivity index (χ4n) is 1.13. The number of halogens is 2. The van der Waals surface area contributed by atoms with E-state index in [0.717, 1.165) is 12.0 Å². The van der Waals surface area contributed by atoms with Crippen LogP contribution in [0.1, 0.15) is 26.3 Å². The average molecular weight is 287 g/mol. The van der Waals surface area contributed by atoms with Gasteiger partial charge in [-0.3, -0.25) is 0 Å². The Labute approximate surface area is 131 Å². The van der Waals surface area contributed by atoms with E-state index in [1.54, 1.807) is 18.2 Å². The number of rotatable bonds is 2. The maximum absolute atomic E-state index is 8.96. The topological polar surface area (TPSA) is 40.5 Å². The minimum Gasteiger partial charge on any atom is -1.00 e. The van der Waals surface area contributed by atoms with E-state index in [1.807, 2.05) is 27.2 Å². The van der Waals surface area contributed by atoms with Crippen LogP contribution in [0.4, 0.5) is 0 Å². The van der Waals surface area contributed by atoms with Gasteiger partial charge in [0.1, 0.15) is 0 Å². The third-order valence-electron chi connectivity index (χ3n) is 1.77. The van der Waals surface area contributed by atoms with Crippen molar-refractivity contribution in [2.75, 3.05) is 0 Å². The van der Waals surface area contributed by atoms with Gasteiger partial charge in [-0.2, -0.15) is 13.8 Å². The molecule has 0 aliphatic heterocycles. The summed E-state index contributed by atoms with van der Waals surface area (Å²) in [4.78, 5) is 0. The van der Waals surface area contributed by atoms with Crippen LogP contribution in [0, 0.1) is 6.42 Å². The molecule has 6 heteroatoms. The van der Waals surface area contributed by atoms with E-state index in [-0.39, 0.29) is 35.5 Å². The molecule has 0 bridgehead atoms. The van der Waals surface area contributed by atoms with Gasteiger partial charge in [0.15, 0.2) is 0 Å². The van der Waals surface area contributed by atoms with Gasteiger partial charge in [-0.1, -0.05) is 24.6 Å². The Balaban J connectivity index is -0.000000356. The van der Waals surface area contributed by atoms with E-state index in [4.69, 9.17) is 21.6 Å². The van der Waals surface area contributed by atoms with E-state index < -0.39 is 7.12 Å². The van der Waals surface area contributed by atoms with Crippen LogP contribution in [-0.4, -0.2) is 40.2 Å². The van der Waals surface area contributed by atoms with Crippen LogP contribution in [0.2, 0.25) is 5.02 Å². The first-order valence-electron chi connectivity index (χ1n) is 4.95. The Morgan fingerprint density at radius 2 is 1.76 bits per heavy atom. The van der Waals surface area contributed by atoms with Gasteiger partial charge >= 0.3 is 30.2 Å². The van der Waals surface area contributed by atoms with Crippen molar-refractivity contribution in [3.8, 4) is 0 Å². The van der Waals surface area contributed by atoms with Crippen molar-refractivity contribution in [1.29, 1.82) is 0 Å². The second-order valence-corrected chi connectivity index (χ2v) is 3.58. The molecule has 1 aromatic rings. The molecule has 0 spiro atoms. The zero-order valence-corrected chi connectivity index (χ0v) is 13.4. The van der Waals surface area contributed by atoms with Crippen LogP contribution in [0.15, 0.2) is 18.2 Å². The molecule has 0 aliphatic carbocycles. The van der Waals surface area contributed by atoms with Gasteiger partial charge in [-0.25, -0.2) is 0 Å². The molecule has 0 heterocycles. The maximum Gasteiger partial charge on any atom is 2.00 e. The SMILES string of the molecule is CCc1ccc(Cl)cc1B(O)O.C[CH-]C.[Cl-].[Mg+2]. The minimum absolute atomic E-state index is 0. The predicted molar refractivity (Wildman–Crippen MR) is 72.1 cm³/mol. The van der Waals surface area contributed by atoms with Crippen molar-refractivity contribution in [3.05, 3.63) is 35.2 Å². The molecular formula is C11H17BCl2MgO2. The molecule has 0 saturated carbocycles. The van der Waals surface area contributed by atoms with Crippen LogP contribution < -0.4 is 17.9 Å². The van der Waals surface area contributed by atoms with E-state index in [0.29, 0.717) is 10.5 Å². The second kappa shape index (κ2) is 13.0. The summed E-state index contributed by atoms with van der Waals surface area (Å²) in [5.74, 6) is 0. The molecule has 1 aromatic carbocycles. The van der Waals surface area contributed by atoms with Gasteiger partial charge in [0, 0.05) is 5.02 Å². The third kappa shape index (κ3) is 9.17. The van der Waals surface area contributed by atoms with Gasteiger partial charge in [-0.15, -0.1) is 0 Å². The summed E-state index contributed by atoms with van der Waals surface area (Å²) < 4.78 is 0. The van der Waals surface area contributed by atoms with Crippen LogP contribution in [0.5, 0.6) is 0 Å². The number of benzene rings is 1.